The zero-order chi connectivity index (χ0) is 45.6. The first kappa shape index (κ1) is 61.9. The highest BCUT2D eigenvalue weighted by Gasteiger charge is 2.25. The first-order chi connectivity index (χ1) is 31.1. The van der Waals surface area contributed by atoms with Crippen LogP contribution in [0.15, 0.2) is 24.3 Å². The summed E-state index contributed by atoms with van der Waals surface area (Å²) in [4.78, 5) is 11.7. The molecule has 0 amide bonds. The number of carboxylic acids is 1. The monoisotopic (exact) mass is 885 g/mol. The first-order valence-corrected chi connectivity index (χ1v) is 29.3. The van der Waals surface area contributed by atoms with E-state index in [1.54, 1.807) is 0 Å². The van der Waals surface area contributed by atoms with Gasteiger partial charge in [-0.15, -0.1) is 0 Å². The van der Waals surface area contributed by atoms with E-state index in [-0.39, 0.29) is 0 Å². The minimum absolute atomic E-state index is 0.579. The average Bonchev–Trinajstić information content (AvgIpc) is 3.28. The van der Waals surface area contributed by atoms with Crippen molar-refractivity contribution in [1.29, 1.82) is 0 Å². The molecule has 0 rings (SSSR count). The van der Waals surface area contributed by atoms with Gasteiger partial charge in [0.1, 0.15) is 0 Å². The fourth-order valence-corrected chi connectivity index (χ4v) is 9.61. The molecule has 2 atom stereocenters. The summed E-state index contributed by atoms with van der Waals surface area (Å²) >= 11 is 0. The average molecular weight is 886 g/mol. The second kappa shape index (κ2) is 55.2. The Kier molecular flexibility index (Phi) is 54.3. The molecular weight excluding hydrogens is 769 g/mol. The molecule has 374 valence electrons. The minimum atomic E-state index is -0.814. The van der Waals surface area contributed by atoms with E-state index in [2.05, 4.69) is 38.2 Å². The Morgan fingerprint density at radius 2 is 0.492 bits per heavy atom. The number of allylic oxidation sites excluding steroid dienone is 4. The number of carbonyl (C=O) groups is 1. The quantitative estimate of drug-likeness (QED) is 0.0473. The molecule has 0 aromatic heterocycles. The van der Waals surface area contributed by atoms with Crippen molar-refractivity contribution >= 4 is 5.97 Å². The Morgan fingerprint density at radius 3 is 0.714 bits per heavy atom. The molecule has 2 N–H and O–H groups in total. The summed E-state index contributed by atoms with van der Waals surface area (Å²) < 4.78 is 0. The van der Waals surface area contributed by atoms with Gasteiger partial charge in [-0.1, -0.05) is 301 Å². The van der Waals surface area contributed by atoms with Gasteiger partial charge in [0.05, 0.1) is 12.0 Å². The van der Waals surface area contributed by atoms with E-state index in [0.29, 0.717) is 12.8 Å². The Morgan fingerprint density at radius 1 is 0.302 bits per heavy atom. The lowest BCUT2D eigenvalue weighted by atomic mass is 9.91. The van der Waals surface area contributed by atoms with E-state index in [1.807, 2.05) is 0 Å². The van der Waals surface area contributed by atoms with Crippen molar-refractivity contribution < 1.29 is 15.0 Å². The summed E-state index contributed by atoms with van der Waals surface area (Å²) in [5.74, 6) is -1.39. The summed E-state index contributed by atoms with van der Waals surface area (Å²) in [7, 11) is 0. The first-order valence-electron chi connectivity index (χ1n) is 29.3. The van der Waals surface area contributed by atoms with Gasteiger partial charge in [0.2, 0.25) is 0 Å². The number of aliphatic hydroxyl groups excluding tert-OH is 1. The van der Waals surface area contributed by atoms with Gasteiger partial charge in [-0.2, -0.15) is 0 Å². The largest absolute Gasteiger partial charge is 0.481 e. The van der Waals surface area contributed by atoms with Gasteiger partial charge in [0.25, 0.3) is 0 Å². The summed E-state index contributed by atoms with van der Waals surface area (Å²) in [6.45, 7) is 4.52. The van der Waals surface area contributed by atoms with Gasteiger partial charge < -0.3 is 10.2 Å². The Labute approximate surface area is 397 Å². The molecule has 0 bridgehead atoms. The smallest absolute Gasteiger partial charge is 0.309 e. The molecule has 0 spiro atoms. The molecule has 63 heavy (non-hydrogen) atoms. The van der Waals surface area contributed by atoms with Crippen LogP contribution in [0.5, 0.6) is 0 Å². The van der Waals surface area contributed by atoms with E-state index in [4.69, 9.17) is 0 Å². The highest BCUT2D eigenvalue weighted by Crippen LogP contribution is 2.22. The summed E-state index contributed by atoms with van der Waals surface area (Å²) in [5.41, 5.74) is 0. The molecular formula is C60H116O3. The molecule has 0 heterocycles. The molecule has 0 unspecified atom stereocenters. The van der Waals surface area contributed by atoms with Crippen molar-refractivity contribution in [3.05, 3.63) is 24.3 Å². The van der Waals surface area contributed by atoms with Crippen molar-refractivity contribution in [2.24, 2.45) is 5.92 Å². The van der Waals surface area contributed by atoms with Crippen LogP contribution in [0.1, 0.15) is 341 Å². The maximum absolute atomic E-state index is 11.7. The summed E-state index contributed by atoms with van der Waals surface area (Å²) in [6, 6.07) is 0. The zero-order valence-electron chi connectivity index (χ0n) is 43.3. The van der Waals surface area contributed by atoms with Crippen molar-refractivity contribution in [2.75, 3.05) is 0 Å². The molecule has 0 saturated carbocycles. The highest BCUT2D eigenvalue weighted by atomic mass is 16.4. The van der Waals surface area contributed by atoms with Crippen LogP contribution in [0.2, 0.25) is 0 Å². The number of carboxylic acid groups (broad SMARTS) is 1. The summed E-state index contributed by atoms with van der Waals surface area (Å²) in [5, 5.41) is 20.1. The molecule has 0 aromatic carbocycles. The number of unbranched alkanes of at least 4 members (excludes halogenated alkanes) is 45. The van der Waals surface area contributed by atoms with Crippen LogP contribution in [0, 0.1) is 5.92 Å². The normalized spacial score (nSPS) is 12.9. The van der Waals surface area contributed by atoms with Gasteiger partial charge in [0, 0.05) is 0 Å². The van der Waals surface area contributed by atoms with Crippen molar-refractivity contribution in [3.8, 4) is 0 Å². The molecule has 0 aliphatic rings. The predicted octanol–water partition coefficient (Wildman–Crippen LogP) is 21.1. The van der Waals surface area contributed by atoms with Crippen LogP contribution in [-0.2, 0) is 4.79 Å². The Bertz CT molecular complexity index is 909. The van der Waals surface area contributed by atoms with Crippen molar-refractivity contribution in [1.82, 2.24) is 0 Å². The molecule has 0 fully saturated rings. The number of aliphatic carboxylic acids is 1. The van der Waals surface area contributed by atoms with Crippen LogP contribution in [-0.4, -0.2) is 22.3 Å². The Balaban J connectivity index is 3.27. The second-order valence-corrected chi connectivity index (χ2v) is 20.4. The van der Waals surface area contributed by atoms with E-state index in [0.717, 1.165) is 25.7 Å². The van der Waals surface area contributed by atoms with Gasteiger partial charge >= 0.3 is 5.97 Å². The lowest BCUT2D eigenvalue weighted by Crippen LogP contribution is -2.28. The fourth-order valence-electron chi connectivity index (χ4n) is 9.61. The van der Waals surface area contributed by atoms with E-state index in [9.17, 15) is 15.0 Å². The summed E-state index contributed by atoms with van der Waals surface area (Å²) in [6.07, 6.45) is 77.0. The second-order valence-electron chi connectivity index (χ2n) is 20.4. The third-order valence-electron chi connectivity index (χ3n) is 14.1. The SMILES string of the molecule is CCCCCCCCCCCCCCCCCC/C=C\CCCCCCCC/C=C\CCCCCCCCCCCCCCCCCCC[C@@H](O)[C@@H](CCCCCCCC)C(=O)O. The maximum atomic E-state index is 11.7. The molecule has 3 nitrogen and oxygen atoms in total. The predicted molar refractivity (Wildman–Crippen MR) is 282 cm³/mol. The van der Waals surface area contributed by atoms with Gasteiger partial charge in [0.15, 0.2) is 0 Å². The molecule has 0 aliphatic carbocycles. The van der Waals surface area contributed by atoms with E-state index >= 15 is 0 Å². The standard InChI is InChI=1S/C60H116O3/c1-3-5-7-9-11-12-13-14-15-16-17-18-19-20-21-22-23-24-25-26-27-28-29-30-31-32-33-34-35-36-37-38-39-40-41-42-43-44-45-46-47-48-49-50-51-53-55-57-59(61)58(60(62)63)56-54-52-10-8-6-4-2/h24-25,34-35,58-59,61H,3-23,26-33,36-57H2,1-2H3,(H,62,63)/b25-24-,35-34-/t58-,59-/m1/s1. The zero-order valence-corrected chi connectivity index (χ0v) is 43.3. The Hall–Kier alpha value is -1.09. The van der Waals surface area contributed by atoms with Crippen LogP contribution < -0.4 is 0 Å². The van der Waals surface area contributed by atoms with Gasteiger partial charge in [-0.25, -0.2) is 0 Å². The third-order valence-corrected chi connectivity index (χ3v) is 14.1. The van der Waals surface area contributed by atoms with Crippen LogP contribution >= 0.6 is 0 Å². The molecule has 0 saturated heterocycles. The van der Waals surface area contributed by atoms with Gasteiger partial charge in [-0.05, 0) is 64.2 Å². The third kappa shape index (κ3) is 51.8. The number of hydrogen-bond donors (Lipinski definition) is 2. The van der Waals surface area contributed by atoms with E-state index in [1.165, 1.54) is 289 Å². The molecule has 3 heteroatoms. The topological polar surface area (TPSA) is 57.5 Å². The number of hydrogen-bond acceptors (Lipinski definition) is 2. The highest BCUT2D eigenvalue weighted by molar-refractivity contribution is 5.70. The maximum Gasteiger partial charge on any atom is 0.309 e. The van der Waals surface area contributed by atoms with Crippen molar-refractivity contribution in [2.45, 2.75) is 347 Å². The van der Waals surface area contributed by atoms with Crippen LogP contribution in [0.3, 0.4) is 0 Å². The number of rotatable bonds is 55. The van der Waals surface area contributed by atoms with E-state index < -0.39 is 18.0 Å². The lowest BCUT2D eigenvalue weighted by molar-refractivity contribution is -0.146. The minimum Gasteiger partial charge on any atom is -0.481 e. The number of aliphatic hydroxyl groups is 1. The van der Waals surface area contributed by atoms with Gasteiger partial charge in [-0.3, -0.25) is 4.79 Å². The van der Waals surface area contributed by atoms with Crippen LogP contribution in [0.4, 0.5) is 0 Å². The molecule has 0 aliphatic heterocycles. The van der Waals surface area contributed by atoms with Crippen molar-refractivity contribution in [3.63, 3.8) is 0 Å². The lowest BCUT2D eigenvalue weighted by Gasteiger charge is -2.19. The molecule has 0 aromatic rings. The van der Waals surface area contributed by atoms with Crippen LogP contribution in [0.25, 0.3) is 0 Å². The molecule has 0 radical (unpaired) electrons. The fraction of sp³-hybridized carbons (Fsp3) is 0.917.